The Morgan fingerprint density at radius 3 is 2.69 bits per heavy atom. The van der Waals surface area contributed by atoms with Crippen molar-refractivity contribution in [2.24, 2.45) is 0 Å². The molecule has 2 heterocycles. The number of nitrogens with zero attached hydrogens (tertiary/aromatic N) is 2. The monoisotopic (exact) mass is 459 g/mol. The number of fused-ring (bicyclic) bond motifs is 1. The summed E-state index contributed by atoms with van der Waals surface area (Å²) >= 11 is 6.29. The number of hydrogen-bond donors (Lipinski definition) is 3. The highest BCUT2D eigenvalue weighted by Gasteiger charge is 2.38. The summed E-state index contributed by atoms with van der Waals surface area (Å²) in [5.74, 6) is -0.322. The summed E-state index contributed by atoms with van der Waals surface area (Å²) in [7, 11) is 5.92. The highest BCUT2D eigenvalue weighted by Crippen LogP contribution is 2.41. The van der Waals surface area contributed by atoms with Crippen molar-refractivity contribution in [3.8, 4) is 0 Å². The molecule has 1 aromatic heterocycles. The zero-order valence-electron chi connectivity index (χ0n) is 19.6. The first-order valence-corrected chi connectivity index (χ1v) is 11.5. The molecule has 3 N–H and O–H groups in total. The molecule has 0 fully saturated rings. The molecule has 0 aliphatic carbocycles. The van der Waals surface area contributed by atoms with Crippen molar-refractivity contribution < 1.29 is 9.59 Å². The number of benzene rings is 1. The summed E-state index contributed by atoms with van der Waals surface area (Å²) in [6.07, 6.45) is 1.40. The third kappa shape index (κ3) is 5.17. The van der Waals surface area contributed by atoms with Gasteiger partial charge in [0.1, 0.15) is 0 Å². The normalized spacial score (nSPS) is 15.5. The number of carbonyl (C=O) groups excluding carboxylic acids is 2. The van der Waals surface area contributed by atoms with E-state index in [2.05, 4.69) is 20.5 Å². The quantitative estimate of drug-likeness (QED) is 0.477. The Labute approximate surface area is 195 Å². The van der Waals surface area contributed by atoms with Gasteiger partial charge in [-0.25, -0.2) is 0 Å². The SMILES string of the molecule is CNCCNC(=O)c1c(C)[nH]c(CC2C(=O)N(CCCN(C)C)c3ccc(Cl)cc32)c1C. The maximum atomic E-state index is 13.4. The minimum absolute atomic E-state index is 0.0905. The molecule has 8 heteroatoms. The van der Waals surface area contributed by atoms with Crippen molar-refractivity contribution in [3.63, 3.8) is 0 Å². The number of rotatable bonds is 10. The molecule has 32 heavy (non-hydrogen) atoms. The second kappa shape index (κ2) is 10.5. The van der Waals surface area contributed by atoms with Gasteiger partial charge < -0.3 is 25.4 Å². The molecular formula is C24H34ClN5O2. The highest BCUT2D eigenvalue weighted by molar-refractivity contribution is 6.31. The minimum Gasteiger partial charge on any atom is -0.362 e. The fraction of sp³-hybridized carbons (Fsp3) is 0.500. The Kier molecular flexibility index (Phi) is 7.98. The van der Waals surface area contributed by atoms with Crippen LogP contribution in [-0.4, -0.2) is 69.0 Å². The first-order chi connectivity index (χ1) is 15.2. The van der Waals surface area contributed by atoms with Gasteiger partial charge >= 0.3 is 0 Å². The number of hydrogen-bond acceptors (Lipinski definition) is 4. The summed E-state index contributed by atoms with van der Waals surface area (Å²) in [5.41, 5.74) is 5.19. The second-order valence-corrected chi connectivity index (χ2v) is 9.13. The van der Waals surface area contributed by atoms with Crippen molar-refractivity contribution >= 4 is 29.1 Å². The minimum atomic E-state index is -0.319. The topological polar surface area (TPSA) is 80.5 Å². The summed E-state index contributed by atoms with van der Waals surface area (Å²) in [6, 6.07) is 5.69. The molecule has 7 nitrogen and oxygen atoms in total. The van der Waals surface area contributed by atoms with E-state index in [9.17, 15) is 9.59 Å². The number of carbonyl (C=O) groups is 2. The van der Waals surface area contributed by atoms with E-state index in [1.165, 1.54) is 0 Å². The average Bonchev–Trinajstić information content (AvgIpc) is 3.15. The van der Waals surface area contributed by atoms with Crippen LogP contribution >= 0.6 is 11.6 Å². The van der Waals surface area contributed by atoms with Crippen molar-refractivity contribution in [1.29, 1.82) is 0 Å². The van der Waals surface area contributed by atoms with Gasteiger partial charge in [0.15, 0.2) is 0 Å². The van der Waals surface area contributed by atoms with Crippen LogP contribution in [0.4, 0.5) is 5.69 Å². The Bertz CT molecular complexity index is 985. The lowest BCUT2D eigenvalue weighted by atomic mass is 9.94. The molecule has 0 saturated carbocycles. The lowest BCUT2D eigenvalue weighted by Gasteiger charge is -2.19. The molecule has 1 aliphatic rings. The molecular weight excluding hydrogens is 426 g/mol. The van der Waals surface area contributed by atoms with E-state index in [0.717, 1.165) is 41.2 Å². The molecule has 0 radical (unpaired) electrons. The molecule has 2 amide bonds. The van der Waals surface area contributed by atoms with Crippen LogP contribution in [-0.2, 0) is 11.2 Å². The van der Waals surface area contributed by atoms with E-state index in [-0.39, 0.29) is 17.7 Å². The smallest absolute Gasteiger partial charge is 0.253 e. The summed E-state index contributed by atoms with van der Waals surface area (Å²) in [4.78, 5) is 33.5. The zero-order chi connectivity index (χ0) is 23.4. The zero-order valence-corrected chi connectivity index (χ0v) is 20.4. The van der Waals surface area contributed by atoms with Crippen molar-refractivity contribution in [2.45, 2.75) is 32.6 Å². The molecule has 0 bridgehead atoms. The number of H-pyrrole nitrogens is 1. The van der Waals surface area contributed by atoms with E-state index < -0.39 is 0 Å². The van der Waals surface area contributed by atoms with Crippen LogP contribution in [0.5, 0.6) is 0 Å². The third-order valence-electron chi connectivity index (χ3n) is 6.04. The van der Waals surface area contributed by atoms with E-state index in [1.807, 2.05) is 58.1 Å². The van der Waals surface area contributed by atoms with Crippen LogP contribution in [0, 0.1) is 13.8 Å². The van der Waals surface area contributed by atoms with Crippen LogP contribution in [0.25, 0.3) is 0 Å². The Balaban J connectivity index is 1.84. The van der Waals surface area contributed by atoms with Crippen molar-refractivity contribution in [1.82, 2.24) is 20.5 Å². The van der Waals surface area contributed by atoms with E-state index in [0.29, 0.717) is 36.6 Å². The molecule has 0 spiro atoms. The molecule has 1 aromatic carbocycles. The van der Waals surface area contributed by atoms with Gasteiger partial charge in [-0.2, -0.15) is 0 Å². The predicted octanol–water partition coefficient (Wildman–Crippen LogP) is 2.86. The van der Waals surface area contributed by atoms with Crippen molar-refractivity contribution in [2.75, 3.05) is 52.2 Å². The van der Waals surface area contributed by atoms with Gasteiger partial charge in [0.25, 0.3) is 5.91 Å². The molecule has 2 aromatic rings. The maximum absolute atomic E-state index is 13.4. The van der Waals surface area contributed by atoms with Crippen LogP contribution in [0.2, 0.25) is 5.02 Å². The molecule has 0 saturated heterocycles. The Hall–Kier alpha value is -2.35. The van der Waals surface area contributed by atoms with Gasteiger partial charge in [-0.1, -0.05) is 11.6 Å². The van der Waals surface area contributed by atoms with Gasteiger partial charge in [-0.3, -0.25) is 9.59 Å². The van der Waals surface area contributed by atoms with Crippen LogP contribution in [0.15, 0.2) is 18.2 Å². The number of nitrogens with one attached hydrogen (secondary N) is 3. The van der Waals surface area contributed by atoms with Crippen LogP contribution in [0.3, 0.4) is 0 Å². The number of aromatic nitrogens is 1. The first kappa shape index (κ1) is 24.3. The largest absolute Gasteiger partial charge is 0.362 e. The lowest BCUT2D eigenvalue weighted by Crippen LogP contribution is -2.32. The van der Waals surface area contributed by atoms with Gasteiger partial charge in [-0.15, -0.1) is 0 Å². The fourth-order valence-corrected chi connectivity index (χ4v) is 4.60. The van der Waals surface area contributed by atoms with E-state index >= 15 is 0 Å². The second-order valence-electron chi connectivity index (χ2n) is 8.69. The maximum Gasteiger partial charge on any atom is 0.253 e. The van der Waals surface area contributed by atoms with E-state index in [1.54, 1.807) is 0 Å². The number of aryl methyl sites for hydroxylation is 1. The standard InChI is InChI=1S/C24H34ClN5O2/c1-15-20(28-16(2)22(15)23(31)27-10-9-26-3)14-19-18-13-17(25)7-8-21(18)30(24(19)32)12-6-11-29(4)5/h7-8,13,19,26,28H,6,9-12,14H2,1-5H3,(H,27,31). The molecule has 1 aliphatic heterocycles. The first-order valence-electron chi connectivity index (χ1n) is 11.1. The molecule has 1 atom stereocenters. The van der Waals surface area contributed by atoms with Crippen LogP contribution in [0.1, 0.15) is 45.2 Å². The van der Waals surface area contributed by atoms with Crippen molar-refractivity contribution in [3.05, 3.63) is 51.3 Å². The van der Waals surface area contributed by atoms with Crippen LogP contribution < -0.4 is 15.5 Å². The lowest BCUT2D eigenvalue weighted by molar-refractivity contribution is -0.119. The summed E-state index contributed by atoms with van der Waals surface area (Å²) < 4.78 is 0. The third-order valence-corrected chi connectivity index (χ3v) is 6.28. The Morgan fingerprint density at radius 2 is 2.00 bits per heavy atom. The predicted molar refractivity (Wildman–Crippen MR) is 130 cm³/mol. The van der Waals surface area contributed by atoms with Gasteiger partial charge in [0, 0.05) is 48.2 Å². The summed E-state index contributed by atoms with van der Waals surface area (Å²) in [6.45, 7) is 6.70. The highest BCUT2D eigenvalue weighted by atomic mass is 35.5. The molecule has 1 unspecified atom stereocenters. The van der Waals surface area contributed by atoms with E-state index in [4.69, 9.17) is 11.6 Å². The van der Waals surface area contributed by atoms with Gasteiger partial charge in [0.05, 0.1) is 11.5 Å². The fourth-order valence-electron chi connectivity index (χ4n) is 4.42. The molecule has 3 rings (SSSR count). The summed E-state index contributed by atoms with van der Waals surface area (Å²) in [5, 5.41) is 6.59. The molecule has 174 valence electrons. The number of likely N-dealkylation sites (N-methyl/N-ethyl adjacent to an activating group) is 1. The van der Waals surface area contributed by atoms with Gasteiger partial charge in [0.2, 0.25) is 5.91 Å². The number of halogens is 1. The van der Waals surface area contributed by atoms with Gasteiger partial charge in [-0.05, 0) is 77.3 Å². The average molecular weight is 460 g/mol. The number of anilines is 1. The number of amides is 2. The number of aromatic amines is 1. The Morgan fingerprint density at radius 1 is 1.25 bits per heavy atom.